The number of piperidine rings is 1. The van der Waals surface area contributed by atoms with Gasteiger partial charge in [-0.05, 0) is 45.9 Å². The zero-order valence-corrected chi connectivity index (χ0v) is 10.3. The van der Waals surface area contributed by atoms with Crippen LogP contribution < -0.4 is 0 Å². The largest absolute Gasteiger partial charge is 0.305 e. The summed E-state index contributed by atoms with van der Waals surface area (Å²) in [5.74, 6) is 0.869. The van der Waals surface area contributed by atoms with Gasteiger partial charge in [0.05, 0.1) is 0 Å². The summed E-state index contributed by atoms with van der Waals surface area (Å²) in [7, 11) is 4.53. The van der Waals surface area contributed by atoms with Crippen molar-refractivity contribution in [3.8, 4) is 0 Å². The van der Waals surface area contributed by atoms with E-state index in [4.69, 9.17) is 0 Å². The van der Waals surface area contributed by atoms with E-state index in [1.807, 2.05) is 0 Å². The fraction of sp³-hybridized carbons (Fsp3) is 1.00. The maximum Gasteiger partial charge on any atom is 0.0246 e. The Labute approximate surface area is 89.3 Å². The molecule has 1 aliphatic heterocycles. The van der Waals surface area contributed by atoms with E-state index in [0.29, 0.717) is 0 Å². The van der Waals surface area contributed by atoms with Crippen molar-refractivity contribution in [3.63, 3.8) is 0 Å². The molecule has 1 fully saturated rings. The van der Waals surface area contributed by atoms with Crippen molar-refractivity contribution in [1.29, 1.82) is 0 Å². The van der Waals surface area contributed by atoms with Crippen LogP contribution in [0.1, 0.15) is 33.1 Å². The smallest absolute Gasteiger partial charge is 0.0246 e. The summed E-state index contributed by atoms with van der Waals surface area (Å²) in [6.45, 7) is 8.46. The molecule has 2 unspecified atom stereocenters. The molecule has 0 aromatic heterocycles. The number of unbranched alkanes of at least 4 members (excludes halogenated alkanes) is 1. The first-order chi connectivity index (χ1) is 6.65. The Morgan fingerprint density at radius 2 is 2.14 bits per heavy atom. The molecular formula is C12H26N2. The first-order valence-corrected chi connectivity index (χ1v) is 6.04. The van der Waals surface area contributed by atoms with E-state index in [-0.39, 0.29) is 0 Å². The lowest BCUT2D eigenvalue weighted by molar-refractivity contribution is 0.0891. The molecule has 0 aliphatic carbocycles. The Kier molecular flexibility index (Phi) is 4.90. The maximum absolute atomic E-state index is 2.56. The molecule has 84 valence electrons. The molecule has 1 aliphatic rings. The van der Waals surface area contributed by atoms with Crippen molar-refractivity contribution in [2.75, 3.05) is 33.7 Å². The molecule has 2 heteroatoms. The van der Waals surface area contributed by atoms with E-state index in [1.54, 1.807) is 0 Å². The number of hydrogen-bond donors (Lipinski definition) is 0. The van der Waals surface area contributed by atoms with Crippen LogP contribution in [0.25, 0.3) is 0 Å². The molecular weight excluding hydrogens is 172 g/mol. The van der Waals surface area contributed by atoms with Crippen LogP contribution in [0, 0.1) is 5.92 Å². The maximum atomic E-state index is 2.56. The Hall–Kier alpha value is -0.0800. The van der Waals surface area contributed by atoms with Gasteiger partial charge in [0.1, 0.15) is 0 Å². The van der Waals surface area contributed by atoms with E-state index < -0.39 is 0 Å². The second-order valence-electron chi connectivity index (χ2n) is 4.93. The summed E-state index contributed by atoms with van der Waals surface area (Å²) in [6.07, 6.45) is 4.00. The van der Waals surface area contributed by atoms with Gasteiger partial charge in [0.15, 0.2) is 0 Å². The van der Waals surface area contributed by atoms with Crippen LogP contribution in [0.2, 0.25) is 0 Å². The Bertz CT molecular complexity index is 158. The van der Waals surface area contributed by atoms with Crippen molar-refractivity contribution in [2.45, 2.75) is 39.2 Å². The van der Waals surface area contributed by atoms with Crippen molar-refractivity contribution in [3.05, 3.63) is 0 Å². The highest BCUT2D eigenvalue weighted by molar-refractivity contribution is 4.82. The molecule has 0 aromatic carbocycles. The first-order valence-electron chi connectivity index (χ1n) is 6.04. The van der Waals surface area contributed by atoms with Gasteiger partial charge < -0.3 is 9.80 Å². The first kappa shape index (κ1) is 12.0. The lowest BCUT2D eigenvalue weighted by Crippen LogP contribution is -2.49. The third-order valence-corrected chi connectivity index (χ3v) is 3.55. The molecule has 0 bridgehead atoms. The average Bonchev–Trinajstić information content (AvgIpc) is 2.18. The van der Waals surface area contributed by atoms with Crippen molar-refractivity contribution >= 4 is 0 Å². The fourth-order valence-electron chi connectivity index (χ4n) is 2.35. The summed E-state index contributed by atoms with van der Waals surface area (Å²) in [5, 5.41) is 0. The molecule has 0 spiro atoms. The van der Waals surface area contributed by atoms with E-state index in [0.717, 1.165) is 12.0 Å². The molecule has 2 nitrogen and oxygen atoms in total. The van der Waals surface area contributed by atoms with Crippen LogP contribution in [0.3, 0.4) is 0 Å². The Balaban J connectivity index is 2.38. The zero-order chi connectivity index (χ0) is 10.6. The lowest BCUT2D eigenvalue weighted by Gasteiger charge is -2.40. The normalized spacial score (nSPS) is 29.8. The van der Waals surface area contributed by atoms with Gasteiger partial charge in [0, 0.05) is 12.6 Å². The van der Waals surface area contributed by atoms with Crippen LogP contribution in [-0.4, -0.2) is 49.6 Å². The number of likely N-dealkylation sites (N-methyl/N-ethyl adjacent to an activating group) is 2. The standard InChI is InChI=1S/C12H26N2/c1-5-6-8-14(4)12-10-13(3)9-7-11(12)2/h11-12H,5-10H2,1-4H3. The third kappa shape index (κ3) is 3.25. The van der Waals surface area contributed by atoms with Crippen LogP contribution >= 0.6 is 0 Å². The average molecular weight is 198 g/mol. The van der Waals surface area contributed by atoms with Crippen LogP contribution in [-0.2, 0) is 0 Å². The summed E-state index contributed by atoms with van der Waals surface area (Å²) in [6, 6.07) is 0.778. The fourth-order valence-corrected chi connectivity index (χ4v) is 2.35. The van der Waals surface area contributed by atoms with Gasteiger partial charge in [-0.25, -0.2) is 0 Å². The molecule has 1 saturated heterocycles. The summed E-state index contributed by atoms with van der Waals surface area (Å²) >= 11 is 0. The van der Waals surface area contributed by atoms with Crippen molar-refractivity contribution < 1.29 is 0 Å². The van der Waals surface area contributed by atoms with Gasteiger partial charge in [-0.2, -0.15) is 0 Å². The van der Waals surface area contributed by atoms with Crippen molar-refractivity contribution in [2.24, 2.45) is 5.92 Å². The topological polar surface area (TPSA) is 6.48 Å². The summed E-state index contributed by atoms with van der Waals surface area (Å²) in [4.78, 5) is 5.02. The highest BCUT2D eigenvalue weighted by Gasteiger charge is 2.26. The highest BCUT2D eigenvalue weighted by atomic mass is 15.2. The highest BCUT2D eigenvalue weighted by Crippen LogP contribution is 2.20. The molecule has 1 heterocycles. The molecule has 14 heavy (non-hydrogen) atoms. The second kappa shape index (κ2) is 5.72. The number of nitrogens with zero attached hydrogens (tertiary/aromatic N) is 2. The van der Waals surface area contributed by atoms with Gasteiger partial charge in [-0.1, -0.05) is 20.3 Å². The van der Waals surface area contributed by atoms with E-state index in [9.17, 15) is 0 Å². The quantitative estimate of drug-likeness (QED) is 0.682. The predicted molar refractivity (Wildman–Crippen MR) is 62.6 cm³/mol. The van der Waals surface area contributed by atoms with Crippen LogP contribution in [0.4, 0.5) is 0 Å². The monoisotopic (exact) mass is 198 g/mol. The van der Waals surface area contributed by atoms with E-state index in [1.165, 1.54) is 38.9 Å². The van der Waals surface area contributed by atoms with Gasteiger partial charge in [-0.15, -0.1) is 0 Å². The van der Waals surface area contributed by atoms with Gasteiger partial charge >= 0.3 is 0 Å². The molecule has 2 atom stereocenters. The lowest BCUT2D eigenvalue weighted by atomic mass is 9.92. The molecule has 1 rings (SSSR count). The van der Waals surface area contributed by atoms with Crippen LogP contribution in [0.15, 0.2) is 0 Å². The number of rotatable bonds is 4. The molecule has 0 saturated carbocycles. The van der Waals surface area contributed by atoms with Gasteiger partial charge in [-0.3, -0.25) is 0 Å². The minimum Gasteiger partial charge on any atom is -0.305 e. The molecule has 0 radical (unpaired) electrons. The number of hydrogen-bond acceptors (Lipinski definition) is 2. The third-order valence-electron chi connectivity index (χ3n) is 3.55. The van der Waals surface area contributed by atoms with Crippen molar-refractivity contribution in [1.82, 2.24) is 9.80 Å². The Morgan fingerprint density at radius 3 is 2.79 bits per heavy atom. The van der Waals surface area contributed by atoms with Gasteiger partial charge in [0.2, 0.25) is 0 Å². The second-order valence-corrected chi connectivity index (χ2v) is 4.93. The minimum atomic E-state index is 0.778. The number of likely N-dealkylation sites (tertiary alicyclic amines) is 1. The molecule has 0 aromatic rings. The molecule has 0 amide bonds. The zero-order valence-electron chi connectivity index (χ0n) is 10.3. The summed E-state index contributed by atoms with van der Waals surface area (Å²) < 4.78 is 0. The Morgan fingerprint density at radius 1 is 1.43 bits per heavy atom. The SMILES string of the molecule is CCCCN(C)C1CN(C)CCC1C. The van der Waals surface area contributed by atoms with E-state index in [2.05, 4.69) is 37.7 Å². The van der Waals surface area contributed by atoms with Gasteiger partial charge in [0.25, 0.3) is 0 Å². The molecule has 0 N–H and O–H groups in total. The van der Waals surface area contributed by atoms with E-state index >= 15 is 0 Å². The predicted octanol–water partition coefficient (Wildman–Crippen LogP) is 2.06. The summed E-state index contributed by atoms with van der Waals surface area (Å²) in [5.41, 5.74) is 0. The van der Waals surface area contributed by atoms with Crippen LogP contribution in [0.5, 0.6) is 0 Å². The minimum absolute atomic E-state index is 0.778.